The molecule has 1 atom stereocenters. The molecule has 0 radical (unpaired) electrons. The predicted molar refractivity (Wildman–Crippen MR) is 53.0 cm³/mol. The molecule has 2 rings (SSSR count). The predicted octanol–water partition coefficient (Wildman–Crippen LogP) is 1.73. The fraction of sp³-hybridized carbons (Fsp3) is 0.455. The van der Waals surface area contributed by atoms with Gasteiger partial charge in [0.05, 0.1) is 7.11 Å². The van der Waals surface area contributed by atoms with Crippen LogP contribution in [0.4, 0.5) is 0 Å². The summed E-state index contributed by atoms with van der Waals surface area (Å²) >= 11 is 0. The Hall–Kier alpha value is -1.02. The number of hydrogen-bond donors (Lipinski definition) is 1. The topological polar surface area (TPSA) is 21.3 Å². The molecule has 1 unspecified atom stereocenters. The summed E-state index contributed by atoms with van der Waals surface area (Å²) in [6.45, 7) is 3.14. The maximum atomic E-state index is 5.31. The average molecular weight is 177 g/mol. The third kappa shape index (κ3) is 1.54. The number of hydrogen-bond acceptors (Lipinski definition) is 2. The molecule has 1 heterocycles. The molecule has 2 nitrogen and oxygen atoms in total. The number of nitrogens with one attached hydrogen (secondary N) is 1. The van der Waals surface area contributed by atoms with Crippen LogP contribution in [0.2, 0.25) is 0 Å². The highest BCUT2D eigenvalue weighted by atomic mass is 16.5. The summed E-state index contributed by atoms with van der Waals surface area (Å²) in [6, 6.07) is 6.86. The zero-order valence-electron chi connectivity index (χ0n) is 8.13. The molecule has 0 amide bonds. The first-order valence-corrected chi connectivity index (χ1v) is 4.69. The molecule has 0 bridgehead atoms. The van der Waals surface area contributed by atoms with Crippen LogP contribution >= 0.6 is 0 Å². The van der Waals surface area contributed by atoms with E-state index in [4.69, 9.17) is 4.74 Å². The van der Waals surface area contributed by atoms with Crippen molar-refractivity contribution < 1.29 is 4.74 Å². The molecular formula is C11H15NO. The van der Waals surface area contributed by atoms with E-state index < -0.39 is 0 Å². The molecule has 1 N–H and O–H groups in total. The molecule has 70 valence electrons. The molecule has 1 aromatic carbocycles. The molecule has 2 heteroatoms. The minimum Gasteiger partial charge on any atom is -0.496 e. The van der Waals surface area contributed by atoms with Crippen molar-refractivity contribution in [1.82, 2.24) is 5.32 Å². The molecule has 1 aliphatic rings. The Morgan fingerprint density at radius 1 is 1.46 bits per heavy atom. The van der Waals surface area contributed by atoms with E-state index in [-0.39, 0.29) is 0 Å². The summed E-state index contributed by atoms with van der Waals surface area (Å²) in [7, 11) is 1.73. The molecular weight excluding hydrogens is 162 g/mol. The van der Waals surface area contributed by atoms with Crippen LogP contribution in [0.1, 0.15) is 18.1 Å². The van der Waals surface area contributed by atoms with Gasteiger partial charge in [0.2, 0.25) is 0 Å². The van der Waals surface area contributed by atoms with Crippen molar-refractivity contribution in [2.75, 3.05) is 7.11 Å². The van der Waals surface area contributed by atoms with Gasteiger partial charge in [-0.3, -0.25) is 0 Å². The minimum absolute atomic E-state index is 0.583. The number of benzene rings is 1. The molecule has 0 fully saturated rings. The van der Waals surface area contributed by atoms with Crippen molar-refractivity contribution in [3.63, 3.8) is 0 Å². The summed E-state index contributed by atoms with van der Waals surface area (Å²) in [5.74, 6) is 1.01. The van der Waals surface area contributed by atoms with E-state index in [9.17, 15) is 0 Å². The second-order valence-electron chi connectivity index (χ2n) is 3.58. The zero-order chi connectivity index (χ0) is 9.26. The maximum absolute atomic E-state index is 5.31. The molecule has 0 saturated carbocycles. The molecule has 0 spiro atoms. The first-order valence-electron chi connectivity index (χ1n) is 4.69. The Balaban J connectivity index is 2.39. The van der Waals surface area contributed by atoms with Gasteiger partial charge >= 0.3 is 0 Å². The van der Waals surface area contributed by atoms with Crippen LogP contribution < -0.4 is 10.1 Å². The van der Waals surface area contributed by atoms with Crippen LogP contribution in [0.15, 0.2) is 18.2 Å². The van der Waals surface area contributed by atoms with Crippen LogP contribution in [-0.2, 0) is 13.0 Å². The fourth-order valence-electron chi connectivity index (χ4n) is 1.87. The van der Waals surface area contributed by atoms with Gasteiger partial charge in [0.25, 0.3) is 0 Å². The van der Waals surface area contributed by atoms with Crippen molar-refractivity contribution in [2.24, 2.45) is 0 Å². The van der Waals surface area contributed by atoms with Crippen LogP contribution in [0.5, 0.6) is 5.75 Å². The fourth-order valence-corrected chi connectivity index (χ4v) is 1.87. The Kier molecular flexibility index (Phi) is 2.23. The van der Waals surface area contributed by atoms with Gasteiger partial charge in [-0.1, -0.05) is 12.1 Å². The highest BCUT2D eigenvalue weighted by Gasteiger charge is 2.16. The summed E-state index contributed by atoms with van der Waals surface area (Å²) < 4.78 is 5.31. The van der Waals surface area contributed by atoms with Gasteiger partial charge in [0.1, 0.15) is 5.75 Å². The average Bonchev–Trinajstić information content (AvgIpc) is 2.16. The Morgan fingerprint density at radius 3 is 3.08 bits per heavy atom. The summed E-state index contributed by atoms with van der Waals surface area (Å²) in [4.78, 5) is 0. The van der Waals surface area contributed by atoms with Crippen molar-refractivity contribution in [1.29, 1.82) is 0 Å². The lowest BCUT2D eigenvalue weighted by Crippen LogP contribution is -2.32. The van der Waals surface area contributed by atoms with Gasteiger partial charge in [-0.2, -0.15) is 0 Å². The normalized spacial score (nSPS) is 20.9. The maximum Gasteiger partial charge on any atom is 0.123 e. The van der Waals surface area contributed by atoms with Crippen LogP contribution in [0.25, 0.3) is 0 Å². The molecule has 13 heavy (non-hydrogen) atoms. The summed E-state index contributed by atoms with van der Waals surface area (Å²) in [6.07, 6.45) is 1.10. The smallest absolute Gasteiger partial charge is 0.123 e. The monoisotopic (exact) mass is 177 g/mol. The van der Waals surface area contributed by atoms with Crippen molar-refractivity contribution in [3.05, 3.63) is 29.3 Å². The van der Waals surface area contributed by atoms with Gasteiger partial charge in [-0.15, -0.1) is 0 Å². The number of fused-ring (bicyclic) bond motifs is 1. The first kappa shape index (κ1) is 8.57. The Bertz CT molecular complexity index is 309. The number of ether oxygens (including phenoxy) is 1. The van der Waals surface area contributed by atoms with Gasteiger partial charge < -0.3 is 10.1 Å². The third-order valence-electron chi connectivity index (χ3n) is 2.60. The SMILES string of the molecule is COc1cccc2c1CNC(C)C2. The van der Waals surface area contributed by atoms with E-state index in [1.165, 1.54) is 11.1 Å². The summed E-state index contributed by atoms with van der Waals surface area (Å²) in [5, 5.41) is 3.43. The molecule has 0 aliphatic carbocycles. The van der Waals surface area contributed by atoms with E-state index in [1.54, 1.807) is 7.11 Å². The highest BCUT2D eigenvalue weighted by molar-refractivity contribution is 5.41. The van der Waals surface area contributed by atoms with E-state index in [2.05, 4.69) is 24.4 Å². The van der Waals surface area contributed by atoms with Gasteiger partial charge in [-0.05, 0) is 25.0 Å². The van der Waals surface area contributed by atoms with E-state index >= 15 is 0 Å². The molecule has 0 saturated heterocycles. The first-order chi connectivity index (χ1) is 6.31. The number of methoxy groups -OCH3 is 1. The van der Waals surface area contributed by atoms with E-state index in [0.717, 1.165) is 18.7 Å². The second kappa shape index (κ2) is 3.38. The standard InChI is InChI=1S/C11H15NO/c1-8-6-9-4-3-5-11(13-2)10(9)7-12-8/h3-5,8,12H,6-7H2,1-2H3. The highest BCUT2D eigenvalue weighted by Crippen LogP contribution is 2.25. The van der Waals surface area contributed by atoms with Crippen LogP contribution in [0, 0.1) is 0 Å². The van der Waals surface area contributed by atoms with Crippen molar-refractivity contribution in [2.45, 2.75) is 25.9 Å². The van der Waals surface area contributed by atoms with Crippen LogP contribution in [-0.4, -0.2) is 13.2 Å². The number of rotatable bonds is 1. The second-order valence-corrected chi connectivity index (χ2v) is 3.58. The van der Waals surface area contributed by atoms with Gasteiger partial charge in [-0.25, -0.2) is 0 Å². The lowest BCUT2D eigenvalue weighted by molar-refractivity contribution is 0.399. The minimum atomic E-state index is 0.583. The van der Waals surface area contributed by atoms with E-state index in [1.807, 2.05) is 6.07 Å². The quantitative estimate of drug-likeness (QED) is 0.705. The molecule has 1 aromatic rings. The van der Waals surface area contributed by atoms with Gasteiger partial charge in [0.15, 0.2) is 0 Å². The van der Waals surface area contributed by atoms with Gasteiger partial charge in [0, 0.05) is 18.2 Å². The lowest BCUT2D eigenvalue weighted by atomic mass is 9.96. The molecule has 1 aliphatic heterocycles. The summed E-state index contributed by atoms with van der Waals surface area (Å²) in [5.41, 5.74) is 2.74. The Labute approximate surface area is 78.9 Å². The largest absolute Gasteiger partial charge is 0.496 e. The Morgan fingerprint density at radius 2 is 2.31 bits per heavy atom. The lowest BCUT2D eigenvalue weighted by Gasteiger charge is -2.24. The van der Waals surface area contributed by atoms with Crippen LogP contribution in [0.3, 0.4) is 0 Å². The van der Waals surface area contributed by atoms with Crippen molar-refractivity contribution >= 4 is 0 Å². The third-order valence-corrected chi connectivity index (χ3v) is 2.60. The molecule has 0 aromatic heterocycles. The van der Waals surface area contributed by atoms with Crippen molar-refractivity contribution in [3.8, 4) is 5.75 Å². The van der Waals surface area contributed by atoms with E-state index in [0.29, 0.717) is 6.04 Å². The zero-order valence-corrected chi connectivity index (χ0v) is 8.13.